The van der Waals surface area contributed by atoms with Gasteiger partial charge in [-0.3, -0.25) is 9.59 Å². The summed E-state index contributed by atoms with van der Waals surface area (Å²) in [4.78, 5) is 29.9. The van der Waals surface area contributed by atoms with E-state index in [1.807, 2.05) is 24.3 Å². The van der Waals surface area contributed by atoms with Crippen molar-refractivity contribution >= 4 is 33.0 Å². The number of fused-ring (bicyclic) bond motifs is 2. The molecule has 1 saturated heterocycles. The second-order valence-corrected chi connectivity index (χ2v) is 12.0. The number of carbonyl (C=O) groups is 2. The van der Waals surface area contributed by atoms with Gasteiger partial charge in [-0.05, 0) is 74.2 Å². The molecule has 3 aliphatic rings. The molecule has 1 aromatic heterocycles. The summed E-state index contributed by atoms with van der Waals surface area (Å²) in [5.41, 5.74) is 2.47. The highest BCUT2D eigenvalue weighted by molar-refractivity contribution is 7.90. The third kappa shape index (κ3) is 3.90. The molecule has 6 rings (SSSR count). The third-order valence-electron chi connectivity index (χ3n) is 7.61. The Balaban J connectivity index is 1.44. The van der Waals surface area contributed by atoms with Gasteiger partial charge in [-0.15, -0.1) is 0 Å². The van der Waals surface area contributed by atoms with Crippen LogP contribution in [0.4, 0.5) is 11.4 Å². The van der Waals surface area contributed by atoms with Gasteiger partial charge in [-0.1, -0.05) is 0 Å². The lowest BCUT2D eigenvalue weighted by atomic mass is 9.90. The zero-order valence-corrected chi connectivity index (χ0v) is 21.6. The average Bonchev–Trinajstić information content (AvgIpc) is 3.53. The van der Waals surface area contributed by atoms with Crippen LogP contribution in [0.3, 0.4) is 0 Å². The molecule has 10 heteroatoms. The Morgan fingerprint density at radius 1 is 0.892 bits per heavy atom. The van der Waals surface area contributed by atoms with Gasteiger partial charge >= 0.3 is 0 Å². The number of benzene rings is 2. The number of hydrogen-bond acceptors (Lipinski definition) is 6. The first kappa shape index (κ1) is 23.7. The van der Waals surface area contributed by atoms with E-state index in [1.54, 1.807) is 41.2 Å². The number of hydrogen-bond donors (Lipinski definition) is 0. The molecule has 2 aromatic carbocycles. The summed E-state index contributed by atoms with van der Waals surface area (Å²) in [6.07, 6.45) is 5.14. The molecule has 3 heterocycles. The molecule has 0 bridgehead atoms. The lowest BCUT2D eigenvalue weighted by Gasteiger charge is -2.34. The summed E-state index contributed by atoms with van der Waals surface area (Å²) in [6.45, 7) is 1.08. The van der Waals surface area contributed by atoms with Gasteiger partial charge in [0, 0.05) is 48.1 Å². The molecule has 1 aliphatic carbocycles. The number of nitrogens with zero attached hydrogens (tertiary/aromatic N) is 4. The van der Waals surface area contributed by atoms with E-state index in [9.17, 15) is 18.0 Å². The van der Waals surface area contributed by atoms with E-state index < -0.39 is 15.3 Å². The molecule has 0 unspecified atom stereocenters. The Bertz CT molecular complexity index is 1510. The summed E-state index contributed by atoms with van der Waals surface area (Å²) in [6, 6.07) is 14.5. The van der Waals surface area contributed by atoms with Crippen LogP contribution in [0, 0.1) is 0 Å². The highest BCUT2D eigenvalue weighted by atomic mass is 32.2. The summed E-state index contributed by atoms with van der Waals surface area (Å²) in [7, 11) is -2.10. The van der Waals surface area contributed by atoms with Gasteiger partial charge in [0.05, 0.1) is 12.8 Å². The molecule has 192 valence electrons. The van der Waals surface area contributed by atoms with E-state index >= 15 is 0 Å². The number of sulfone groups is 1. The van der Waals surface area contributed by atoms with Crippen LogP contribution < -0.4 is 14.5 Å². The van der Waals surface area contributed by atoms with Crippen molar-refractivity contribution in [3.05, 3.63) is 59.8 Å². The van der Waals surface area contributed by atoms with E-state index in [2.05, 4.69) is 5.10 Å². The SMILES string of the molecule is COc1ccc(-n2nc(S(C)(=O)=O)c3c2C(=O)N(c2ccc(N4CCCCC4=O)cc2)CC32CC2)cc1. The molecule has 9 nitrogen and oxygen atoms in total. The van der Waals surface area contributed by atoms with E-state index in [0.717, 1.165) is 37.6 Å². The van der Waals surface area contributed by atoms with Crippen LogP contribution in [0.5, 0.6) is 5.75 Å². The maximum Gasteiger partial charge on any atom is 0.277 e. The zero-order chi connectivity index (χ0) is 25.9. The van der Waals surface area contributed by atoms with Crippen LogP contribution in [0.2, 0.25) is 0 Å². The fourth-order valence-corrected chi connectivity index (χ4v) is 6.40. The zero-order valence-electron chi connectivity index (χ0n) is 20.8. The average molecular weight is 521 g/mol. The van der Waals surface area contributed by atoms with Gasteiger partial charge in [0.1, 0.15) is 11.4 Å². The number of anilines is 2. The minimum atomic E-state index is -3.67. The van der Waals surface area contributed by atoms with Crippen molar-refractivity contribution < 1.29 is 22.7 Å². The van der Waals surface area contributed by atoms with E-state index in [4.69, 9.17) is 4.74 Å². The molecule has 2 fully saturated rings. The number of amides is 2. The molecule has 37 heavy (non-hydrogen) atoms. The topological polar surface area (TPSA) is 102 Å². The van der Waals surface area contributed by atoms with Crippen molar-refractivity contribution in [1.29, 1.82) is 0 Å². The number of aromatic nitrogens is 2. The lowest BCUT2D eigenvalue weighted by Crippen LogP contribution is -2.44. The minimum Gasteiger partial charge on any atom is -0.497 e. The van der Waals surface area contributed by atoms with Crippen LogP contribution >= 0.6 is 0 Å². The maximum absolute atomic E-state index is 14.0. The first-order valence-electron chi connectivity index (χ1n) is 12.4. The van der Waals surface area contributed by atoms with Gasteiger partial charge in [-0.25, -0.2) is 13.1 Å². The Labute approximate surface area is 215 Å². The minimum absolute atomic E-state index is 0.0252. The van der Waals surface area contributed by atoms with Crippen LogP contribution in [0.25, 0.3) is 5.69 Å². The van der Waals surface area contributed by atoms with Crippen LogP contribution in [-0.4, -0.2) is 56.5 Å². The van der Waals surface area contributed by atoms with Gasteiger partial charge < -0.3 is 14.5 Å². The molecule has 1 spiro atoms. The van der Waals surface area contributed by atoms with Crippen molar-refractivity contribution in [2.45, 2.75) is 42.5 Å². The van der Waals surface area contributed by atoms with Gasteiger partial charge in [0.2, 0.25) is 5.91 Å². The van der Waals surface area contributed by atoms with Gasteiger partial charge in [0.25, 0.3) is 5.91 Å². The molecule has 1 saturated carbocycles. The Morgan fingerprint density at radius 3 is 2.08 bits per heavy atom. The van der Waals surface area contributed by atoms with Crippen molar-refractivity contribution in [1.82, 2.24) is 9.78 Å². The molecule has 2 aliphatic heterocycles. The second-order valence-electron chi connectivity index (χ2n) is 10.1. The summed E-state index contributed by atoms with van der Waals surface area (Å²) < 4.78 is 32.3. The van der Waals surface area contributed by atoms with Gasteiger partial charge in [-0.2, -0.15) is 5.10 Å². The van der Waals surface area contributed by atoms with Gasteiger partial charge in [0.15, 0.2) is 14.9 Å². The molecule has 2 amide bonds. The number of methoxy groups -OCH3 is 1. The maximum atomic E-state index is 14.0. The van der Waals surface area contributed by atoms with Crippen LogP contribution in [0.1, 0.15) is 48.2 Å². The normalized spacial score (nSPS) is 18.8. The number of rotatable bonds is 5. The highest BCUT2D eigenvalue weighted by Crippen LogP contribution is 2.55. The van der Waals surface area contributed by atoms with E-state index in [1.165, 1.54) is 4.68 Å². The first-order valence-corrected chi connectivity index (χ1v) is 14.3. The van der Waals surface area contributed by atoms with Crippen LogP contribution in [-0.2, 0) is 20.0 Å². The second kappa shape index (κ2) is 8.44. The molecule has 0 atom stereocenters. The molecule has 0 radical (unpaired) electrons. The number of piperidine rings is 1. The summed E-state index contributed by atoms with van der Waals surface area (Å²) >= 11 is 0. The van der Waals surface area contributed by atoms with E-state index in [-0.39, 0.29) is 22.5 Å². The lowest BCUT2D eigenvalue weighted by molar-refractivity contribution is -0.119. The number of carbonyl (C=O) groups excluding carboxylic acids is 2. The highest BCUT2D eigenvalue weighted by Gasteiger charge is 2.56. The van der Waals surface area contributed by atoms with Crippen LogP contribution in [0.15, 0.2) is 53.6 Å². The van der Waals surface area contributed by atoms with Crippen molar-refractivity contribution in [2.24, 2.45) is 0 Å². The predicted molar refractivity (Wildman–Crippen MR) is 138 cm³/mol. The van der Waals surface area contributed by atoms with Crippen molar-refractivity contribution in [3.8, 4) is 11.4 Å². The quantitative estimate of drug-likeness (QED) is 0.510. The predicted octanol–water partition coefficient (Wildman–Crippen LogP) is 3.49. The molecule has 0 N–H and O–H groups in total. The summed E-state index contributed by atoms with van der Waals surface area (Å²) in [5.74, 6) is 0.464. The van der Waals surface area contributed by atoms with Crippen molar-refractivity contribution in [3.63, 3.8) is 0 Å². The Hall–Kier alpha value is -3.66. The number of ether oxygens (including phenoxy) is 1. The first-order chi connectivity index (χ1) is 17.7. The Kier molecular flexibility index (Phi) is 5.41. The fraction of sp³-hybridized carbons (Fsp3) is 0.370. The molecular formula is C27H28N4O5S. The fourth-order valence-electron chi connectivity index (χ4n) is 5.48. The smallest absolute Gasteiger partial charge is 0.277 e. The van der Waals surface area contributed by atoms with E-state index in [0.29, 0.717) is 42.2 Å². The Morgan fingerprint density at radius 2 is 1.51 bits per heavy atom. The summed E-state index contributed by atoms with van der Waals surface area (Å²) in [5, 5.41) is 4.46. The largest absolute Gasteiger partial charge is 0.497 e. The third-order valence-corrected chi connectivity index (χ3v) is 8.60. The van der Waals surface area contributed by atoms with Crippen molar-refractivity contribution in [2.75, 3.05) is 36.3 Å². The monoisotopic (exact) mass is 520 g/mol. The molecule has 3 aromatic rings. The standard InChI is InChI=1S/C27H28N4O5S/c1-36-21-12-10-20(11-13-21)31-24-23(25(28-31)37(2,34)35)27(14-15-27)17-30(26(24)33)19-8-6-18(7-9-19)29-16-4-3-5-22(29)32/h6-13H,3-5,14-17H2,1-2H3. The molecular weight excluding hydrogens is 492 g/mol.